The Hall–Kier alpha value is -6.04. The second-order valence-electron chi connectivity index (χ2n) is 27.8. The third-order valence-corrected chi connectivity index (χ3v) is 20.0. The summed E-state index contributed by atoms with van der Waals surface area (Å²) in [5.74, 6) is -4.80. The number of unbranched alkanes of at least 4 members (excludes halogenated alkanes) is 20. The molecule has 0 spiro atoms. The van der Waals surface area contributed by atoms with E-state index >= 15 is 0 Å². The molecule has 0 saturated carbocycles. The third kappa shape index (κ3) is 24.9. The van der Waals surface area contributed by atoms with Gasteiger partial charge in [-0.3, -0.25) is 19.2 Å². The number of carbonyl (C=O) groups excluding carboxylic acids is 4. The van der Waals surface area contributed by atoms with Crippen molar-refractivity contribution in [3.05, 3.63) is 113 Å². The maximum Gasteiger partial charge on any atom is 0.432 e. The summed E-state index contributed by atoms with van der Waals surface area (Å²) in [5, 5.41) is 45.2. The van der Waals surface area contributed by atoms with Crippen molar-refractivity contribution in [2.75, 3.05) is 6.61 Å². The molecule has 0 fully saturated rings. The first-order valence-electron chi connectivity index (χ1n) is 36.4. The molecular formula is C81H124O12. The van der Waals surface area contributed by atoms with Crippen LogP contribution in [0, 0.1) is 60.8 Å². The minimum atomic E-state index is -2.76. The maximum absolute atomic E-state index is 14.9. The van der Waals surface area contributed by atoms with Crippen LogP contribution in [-0.4, -0.2) is 56.9 Å². The summed E-state index contributed by atoms with van der Waals surface area (Å²) in [4.78, 5) is 58.8. The van der Waals surface area contributed by atoms with Crippen molar-refractivity contribution in [1.82, 2.24) is 0 Å². The molecule has 0 aliphatic carbocycles. The number of aryl methyl sites for hydroxylation is 8. The normalized spacial score (nSPS) is 11.8. The van der Waals surface area contributed by atoms with Gasteiger partial charge in [-0.1, -0.05) is 180 Å². The number of phenols is 4. The van der Waals surface area contributed by atoms with Gasteiger partial charge in [-0.25, -0.2) is 0 Å². The minimum Gasteiger partial charge on any atom is -0.507 e. The molecule has 0 aliphatic heterocycles. The van der Waals surface area contributed by atoms with E-state index in [0.29, 0.717) is 25.7 Å². The number of esters is 4. The van der Waals surface area contributed by atoms with Gasteiger partial charge in [0.25, 0.3) is 0 Å². The third-order valence-electron chi connectivity index (χ3n) is 20.0. The van der Waals surface area contributed by atoms with Crippen LogP contribution in [0.4, 0.5) is 0 Å². The van der Waals surface area contributed by atoms with Gasteiger partial charge in [0, 0.05) is 25.7 Å². The van der Waals surface area contributed by atoms with E-state index in [0.717, 1.165) is 192 Å². The summed E-state index contributed by atoms with van der Waals surface area (Å²) in [7, 11) is 0. The van der Waals surface area contributed by atoms with Crippen LogP contribution >= 0.6 is 0 Å². The Morgan fingerprint density at radius 2 is 0.516 bits per heavy atom. The molecule has 0 atom stereocenters. The van der Waals surface area contributed by atoms with Gasteiger partial charge in [-0.05, 0) is 235 Å². The number of hydrogen-bond acceptors (Lipinski definition) is 12. The number of benzene rings is 4. The quantitative estimate of drug-likeness (QED) is 0.0187. The zero-order chi connectivity index (χ0) is 68.7. The Bertz CT molecular complexity index is 2770. The lowest BCUT2D eigenvalue weighted by molar-refractivity contribution is -0.377. The predicted molar refractivity (Wildman–Crippen MR) is 378 cm³/mol. The lowest BCUT2D eigenvalue weighted by atomic mass is 9.90. The van der Waals surface area contributed by atoms with E-state index in [2.05, 4.69) is 27.7 Å². The van der Waals surface area contributed by atoms with E-state index in [4.69, 9.17) is 18.9 Å². The first kappa shape index (κ1) is 79.4. The number of hydrogen-bond donors (Lipinski definition) is 4. The maximum atomic E-state index is 14.9. The molecule has 0 heterocycles. The zero-order valence-corrected chi connectivity index (χ0v) is 60.5. The predicted octanol–water partition coefficient (Wildman–Crippen LogP) is 20.3. The van der Waals surface area contributed by atoms with Crippen molar-refractivity contribution >= 4 is 23.9 Å². The Morgan fingerprint density at radius 3 is 0.753 bits per heavy atom. The van der Waals surface area contributed by atoms with Crippen LogP contribution in [-0.2, 0) is 89.5 Å². The van der Waals surface area contributed by atoms with E-state index < -0.39 is 41.9 Å². The fourth-order valence-corrected chi connectivity index (χ4v) is 12.8. The fourth-order valence-electron chi connectivity index (χ4n) is 12.8. The van der Waals surface area contributed by atoms with E-state index in [9.17, 15) is 39.6 Å². The monoisotopic (exact) mass is 1290 g/mol. The van der Waals surface area contributed by atoms with Crippen molar-refractivity contribution in [1.29, 1.82) is 0 Å². The summed E-state index contributed by atoms with van der Waals surface area (Å²) < 4.78 is 25.4. The highest BCUT2D eigenvalue weighted by molar-refractivity contribution is 5.75. The lowest BCUT2D eigenvalue weighted by Gasteiger charge is -2.41. The van der Waals surface area contributed by atoms with Crippen molar-refractivity contribution in [3.8, 4) is 23.0 Å². The average molecular weight is 1290 g/mol. The van der Waals surface area contributed by atoms with Gasteiger partial charge in [0.1, 0.15) is 35.0 Å². The van der Waals surface area contributed by atoms with Crippen LogP contribution in [0.15, 0.2) is 24.3 Å². The fraction of sp³-hybridized carbons (Fsp3) is 0.654. The van der Waals surface area contributed by atoms with Crippen molar-refractivity contribution in [2.24, 2.45) is 5.41 Å². The number of phenolic OH excluding ortho intramolecular Hbond substituents is 4. The lowest BCUT2D eigenvalue weighted by Crippen LogP contribution is -2.57. The van der Waals surface area contributed by atoms with Crippen molar-refractivity contribution in [3.63, 3.8) is 0 Å². The second-order valence-corrected chi connectivity index (χ2v) is 27.8. The number of carbonyl (C=O) groups is 4. The topological polar surface area (TPSA) is 186 Å². The van der Waals surface area contributed by atoms with Gasteiger partial charge in [-0.15, -0.1) is 0 Å². The smallest absolute Gasteiger partial charge is 0.432 e. The van der Waals surface area contributed by atoms with Crippen molar-refractivity contribution in [2.45, 2.75) is 334 Å². The van der Waals surface area contributed by atoms with Gasteiger partial charge in [0.15, 0.2) is 0 Å². The highest BCUT2D eigenvalue weighted by atomic mass is 16.9. The molecule has 0 aliphatic rings. The Morgan fingerprint density at radius 1 is 0.301 bits per heavy atom. The molecule has 520 valence electrons. The van der Waals surface area contributed by atoms with E-state index in [1.807, 2.05) is 79.7 Å². The summed E-state index contributed by atoms with van der Waals surface area (Å²) in [6, 6.07) is 7.88. The molecule has 0 radical (unpaired) electrons. The molecule has 93 heavy (non-hydrogen) atoms. The average Bonchev–Trinajstić information content (AvgIpc) is 0.829. The first-order chi connectivity index (χ1) is 44.4. The molecule has 4 N–H and O–H groups in total. The summed E-state index contributed by atoms with van der Waals surface area (Å²) >= 11 is 0. The van der Waals surface area contributed by atoms with Gasteiger partial charge in [-0.2, -0.15) is 0 Å². The largest absolute Gasteiger partial charge is 0.507 e. The van der Waals surface area contributed by atoms with Gasteiger partial charge in [0.2, 0.25) is 0 Å². The first-order valence-corrected chi connectivity index (χ1v) is 36.4. The van der Waals surface area contributed by atoms with E-state index in [1.54, 1.807) is 13.8 Å². The molecule has 12 heteroatoms. The summed E-state index contributed by atoms with van der Waals surface area (Å²) in [6.07, 6.45) is 29.5. The van der Waals surface area contributed by atoms with Crippen LogP contribution in [0.1, 0.15) is 310 Å². The van der Waals surface area contributed by atoms with Gasteiger partial charge >= 0.3 is 29.9 Å². The van der Waals surface area contributed by atoms with Crippen LogP contribution in [0.25, 0.3) is 0 Å². The summed E-state index contributed by atoms with van der Waals surface area (Å²) in [6.45, 7) is 26.7. The summed E-state index contributed by atoms with van der Waals surface area (Å²) in [5.41, 5.74) is 11.4. The van der Waals surface area contributed by atoms with Crippen LogP contribution < -0.4 is 0 Å². The zero-order valence-electron chi connectivity index (χ0n) is 60.5. The minimum absolute atomic E-state index is 0.0331. The van der Waals surface area contributed by atoms with Crippen LogP contribution in [0.5, 0.6) is 23.0 Å². The highest BCUT2D eigenvalue weighted by Crippen LogP contribution is 2.41. The van der Waals surface area contributed by atoms with E-state index in [-0.39, 0.29) is 67.9 Å². The van der Waals surface area contributed by atoms with Crippen LogP contribution in [0.3, 0.4) is 0 Å². The molecule has 4 aromatic carbocycles. The Kier molecular flexibility index (Phi) is 35.0. The molecule has 0 amide bonds. The molecule has 4 rings (SSSR count). The molecule has 0 bridgehead atoms. The number of aromatic hydroxyl groups is 4. The van der Waals surface area contributed by atoms with E-state index in [1.165, 1.54) is 57.8 Å². The Balaban J connectivity index is 1.76. The number of rotatable bonds is 46. The molecule has 0 unspecified atom stereocenters. The molecule has 0 saturated heterocycles. The van der Waals surface area contributed by atoms with Crippen LogP contribution in [0.2, 0.25) is 0 Å². The van der Waals surface area contributed by atoms with Gasteiger partial charge < -0.3 is 39.4 Å². The van der Waals surface area contributed by atoms with Gasteiger partial charge in [0.05, 0.1) is 0 Å². The SMILES string of the molecule is CCCCCCCCc1cc(CCC(=O)OCC(C)(C)C(OC(=O)CCc2cc(CCCCCCCC)c(O)c(C)c2C)(OC(=O)CCc2cc(CCCCCCCC)c(O)c(C)c2C)OC(=O)CCc2cc(CCCCCCCC)c(O)c(C)c2C)c(C)c(C)c1O. The Labute approximate surface area is 562 Å². The second kappa shape index (κ2) is 41.0. The molecule has 4 aromatic rings. The standard InChI is InChI=1S/C81H124O12/c1-15-19-23-27-31-35-39-68-51-64(56(5)60(9)76(68)86)43-47-72(82)90-55-80(13,14)81(91-73(83)48-44-65-52-69(77(87)61(10)57(65)6)40-36-32-28-24-20-16-2,92-74(84)49-45-66-53-70(78(88)62(11)58(66)7)41-37-33-29-25-21-17-3)93-75(85)50-46-67-54-71(79(89)63(12)59(67)8)42-38-34-30-26-22-18-4/h51-54,86-89H,15-50,55H2,1-14H3. The highest BCUT2D eigenvalue weighted by Gasteiger charge is 2.58. The molecule has 12 nitrogen and oxygen atoms in total. The van der Waals surface area contributed by atoms with Crippen molar-refractivity contribution < 1.29 is 58.6 Å². The molecule has 0 aromatic heterocycles. The number of ether oxygens (including phenoxy) is 4. The molecular weight excluding hydrogens is 1160 g/mol.